The molecule has 1 N–H and O–H groups in total. The van der Waals surface area contributed by atoms with Crippen molar-refractivity contribution in [3.8, 4) is 5.75 Å². The van der Waals surface area contributed by atoms with E-state index in [4.69, 9.17) is 9.47 Å². The number of benzene rings is 1. The van der Waals surface area contributed by atoms with E-state index in [9.17, 15) is 0 Å². The monoisotopic (exact) mass is 325 g/mol. The summed E-state index contributed by atoms with van der Waals surface area (Å²) in [7, 11) is 0. The highest BCUT2D eigenvalue weighted by Crippen LogP contribution is 2.40. The van der Waals surface area contributed by atoms with Gasteiger partial charge in [-0.25, -0.2) is 0 Å². The van der Waals surface area contributed by atoms with Gasteiger partial charge in [0.05, 0.1) is 13.2 Å². The first kappa shape index (κ1) is 13.4. The van der Waals surface area contributed by atoms with Crippen molar-refractivity contribution in [1.29, 1.82) is 0 Å². The van der Waals surface area contributed by atoms with Crippen LogP contribution in [0.1, 0.15) is 30.5 Å². The molecule has 3 rings (SSSR count). The number of hydrogen-bond acceptors (Lipinski definition) is 3. The Morgan fingerprint density at radius 3 is 3.05 bits per heavy atom. The van der Waals surface area contributed by atoms with Crippen molar-refractivity contribution in [3.63, 3.8) is 0 Å². The van der Waals surface area contributed by atoms with Crippen LogP contribution >= 0.6 is 15.9 Å². The third kappa shape index (κ3) is 2.67. The molecule has 2 unspecified atom stereocenters. The molecule has 0 amide bonds. The number of hydrogen-bond donors (Lipinski definition) is 1. The topological polar surface area (TPSA) is 30.5 Å². The van der Waals surface area contributed by atoms with Crippen LogP contribution < -0.4 is 10.1 Å². The third-order valence-electron chi connectivity index (χ3n) is 3.97. The number of nitrogens with one attached hydrogen (secondary N) is 1. The highest BCUT2D eigenvalue weighted by molar-refractivity contribution is 9.10. The summed E-state index contributed by atoms with van der Waals surface area (Å²) in [5, 5.41) is 3.62. The van der Waals surface area contributed by atoms with E-state index in [0.717, 1.165) is 49.4 Å². The molecule has 3 nitrogen and oxygen atoms in total. The molecule has 1 aromatic rings. The van der Waals surface area contributed by atoms with Gasteiger partial charge in [-0.05, 0) is 30.7 Å². The lowest BCUT2D eigenvalue weighted by molar-refractivity contribution is 0.176. The first-order chi connectivity index (χ1) is 9.29. The molecule has 19 heavy (non-hydrogen) atoms. The zero-order valence-corrected chi connectivity index (χ0v) is 12.8. The Bertz CT molecular complexity index is 458. The maximum absolute atomic E-state index is 5.87. The van der Waals surface area contributed by atoms with Crippen LogP contribution in [0.3, 0.4) is 0 Å². The second-order valence-corrected chi connectivity index (χ2v) is 6.16. The zero-order chi connectivity index (χ0) is 13.2. The van der Waals surface area contributed by atoms with E-state index in [1.54, 1.807) is 0 Å². The minimum Gasteiger partial charge on any atom is -0.493 e. The molecule has 2 heterocycles. The quantitative estimate of drug-likeness (QED) is 0.922. The molecule has 0 aliphatic carbocycles. The SMILES string of the molecule is CCNC(c1cc(Br)cc2c1OCC2)C1CCOC1. The molecular formula is C15H20BrNO2. The van der Waals surface area contributed by atoms with Gasteiger partial charge in [-0.1, -0.05) is 22.9 Å². The van der Waals surface area contributed by atoms with E-state index >= 15 is 0 Å². The van der Waals surface area contributed by atoms with Gasteiger partial charge in [0.2, 0.25) is 0 Å². The molecule has 1 saturated heterocycles. The molecular weight excluding hydrogens is 306 g/mol. The number of fused-ring (bicyclic) bond motifs is 1. The summed E-state index contributed by atoms with van der Waals surface area (Å²) in [6.45, 7) is 5.64. The van der Waals surface area contributed by atoms with Crippen molar-refractivity contribution < 1.29 is 9.47 Å². The molecule has 2 aliphatic rings. The molecule has 0 bridgehead atoms. The Hall–Kier alpha value is -0.580. The number of ether oxygens (including phenoxy) is 2. The van der Waals surface area contributed by atoms with E-state index in [2.05, 4.69) is 40.3 Å². The highest BCUT2D eigenvalue weighted by Gasteiger charge is 2.31. The van der Waals surface area contributed by atoms with Gasteiger partial charge in [-0.2, -0.15) is 0 Å². The summed E-state index contributed by atoms with van der Waals surface area (Å²) in [4.78, 5) is 0. The lowest BCUT2D eigenvalue weighted by Crippen LogP contribution is -2.29. The van der Waals surface area contributed by atoms with Crippen LogP contribution in [0.2, 0.25) is 0 Å². The van der Waals surface area contributed by atoms with Crippen molar-refractivity contribution in [2.24, 2.45) is 5.92 Å². The summed E-state index contributed by atoms with van der Waals surface area (Å²) in [6.07, 6.45) is 2.14. The minimum absolute atomic E-state index is 0.330. The number of halogens is 1. The predicted molar refractivity (Wildman–Crippen MR) is 78.7 cm³/mol. The first-order valence-electron chi connectivity index (χ1n) is 7.06. The predicted octanol–water partition coefficient (Wildman–Crippen LogP) is 3.07. The molecule has 1 fully saturated rings. The largest absolute Gasteiger partial charge is 0.493 e. The summed E-state index contributed by atoms with van der Waals surface area (Å²) in [5.41, 5.74) is 2.62. The smallest absolute Gasteiger partial charge is 0.127 e. The molecule has 0 radical (unpaired) electrons. The van der Waals surface area contributed by atoms with Crippen LogP contribution in [0.5, 0.6) is 5.75 Å². The van der Waals surface area contributed by atoms with Gasteiger partial charge in [-0.3, -0.25) is 0 Å². The average Bonchev–Trinajstić information content (AvgIpc) is 3.05. The number of rotatable bonds is 4. The van der Waals surface area contributed by atoms with Crippen molar-refractivity contribution >= 4 is 15.9 Å². The summed E-state index contributed by atoms with van der Waals surface area (Å²) < 4.78 is 12.6. The van der Waals surface area contributed by atoms with Crippen molar-refractivity contribution in [2.45, 2.75) is 25.8 Å². The van der Waals surface area contributed by atoms with E-state index in [1.165, 1.54) is 11.1 Å². The third-order valence-corrected chi connectivity index (χ3v) is 4.43. The molecule has 2 atom stereocenters. The Balaban J connectivity index is 1.97. The van der Waals surface area contributed by atoms with Crippen molar-refractivity contribution in [2.75, 3.05) is 26.4 Å². The fourth-order valence-corrected chi connectivity index (χ4v) is 3.62. The van der Waals surface area contributed by atoms with Gasteiger partial charge >= 0.3 is 0 Å². The van der Waals surface area contributed by atoms with Crippen molar-refractivity contribution in [3.05, 3.63) is 27.7 Å². The Morgan fingerprint density at radius 2 is 2.32 bits per heavy atom. The Kier molecular flexibility index (Phi) is 4.10. The standard InChI is InChI=1S/C15H20BrNO2/c1-2-17-14(11-3-5-18-9-11)13-8-12(16)7-10-4-6-19-15(10)13/h7-8,11,14,17H,2-6,9H2,1H3. The van der Waals surface area contributed by atoms with Gasteiger partial charge in [0.15, 0.2) is 0 Å². The lowest BCUT2D eigenvalue weighted by Gasteiger charge is -2.25. The molecule has 4 heteroatoms. The molecule has 1 aromatic carbocycles. The molecule has 104 valence electrons. The maximum Gasteiger partial charge on any atom is 0.127 e. The molecule has 0 aromatic heterocycles. The van der Waals surface area contributed by atoms with Crippen LogP contribution in [0, 0.1) is 5.92 Å². The fourth-order valence-electron chi connectivity index (χ4n) is 3.10. The summed E-state index contributed by atoms with van der Waals surface area (Å²) >= 11 is 3.63. The fraction of sp³-hybridized carbons (Fsp3) is 0.600. The van der Waals surface area contributed by atoms with Crippen LogP contribution in [-0.2, 0) is 11.2 Å². The van der Waals surface area contributed by atoms with Crippen LogP contribution in [-0.4, -0.2) is 26.4 Å². The van der Waals surface area contributed by atoms with E-state index in [1.807, 2.05) is 0 Å². The maximum atomic E-state index is 5.87. The minimum atomic E-state index is 0.330. The molecule has 0 saturated carbocycles. The molecule has 2 aliphatic heterocycles. The van der Waals surface area contributed by atoms with Crippen LogP contribution in [0.15, 0.2) is 16.6 Å². The van der Waals surface area contributed by atoms with Gasteiger partial charge in [0.25, 0.3) is 0 Å². The average molecular weight is 326 g/mol. The van der Waals surface area contributed by atoms with Gasteiger partial charge in [-0.15, -0.1) is 0 Å². The molecule has 0 spiro atoms. The van der Waals surface area contributed by atoms with Gasteiger partial charge in [0.1, 0.15) is 5.75 Å². The summed E-state index contributed by atoms with van der Waals surface area (Å²) in [5.74, 6) is 1.64. The Labute approximate surface area is 122 Å². The van der Waals surface area contributed by atoms with E-state index in [0.29, 0.717) is 12.0 Å². The lowest BCUT2D eigenvalue weighted by atomic mass is 9.90. The second-order valence-electron chi connectivity index (χ2n) is 5.24. The van der Waals surface area contributed by atoms with Crippen LogP contribution in [0.25, 0.3) is 0 Å². The highest BCUT2D eigenvalue weighted by atomic mass is 79.9. The van der Waals surface area contributed by atoms with E-state index in [-0.39, 0.29) is 0 Å². The zero-order valence-electron chi connectivity index (χ0n) is 11.2. The Morgan fingerprint density at radius 1 is 1.42 bits per heavy atom. The normalized spacial score (nSPS) is 23.2. The van der Waals surface area contributed by atoms with Crippen LogP contribution in [0.4, 0.5) is 0 Å². The van der Waals surface area contributed by atoms with Gasteiger partial charge in [0, 0.05) is 35.0 Å². The van der Waals surface area contributed by atoms with E-state index < -0.39 is 0 Å². The van der Waals surface area contributed by atoms with Gasteiger partial charge < -0.3 is 14.8 Å². The second kappa shape index (κ2) is 5.81. The summed E-state index contributed by atoms with van der Waals surface area (Å²) in [6, 6.07) is 4.72. The van der Waals surface area contributed by atoms with Crippen molar-refractivity contribution in [1.82, 2.24) is 5.32 Å². The first-order valence-corrected chi connectivity index (χ1v) is 7.85.